The zero-order chi connectivity index (χ0) is 65.9. The van der Waals surface area contributed by atoms with E-state index in [1.807, 2.05) is 0 Å². The Morgan fingerprint density at radius 1 is 0.467 bits per heavy atom. The summed E-state index contributed by atoms with van der Waals surface area (Å²) in [5.41, 5.74) is 8.93. The second-order valence-corrected chi connectivity index (χ2v) is 33.5. The smallest absolute Gasteiger partial charge is 0.316 e. The van der Waals surface area contributed by atoms with E-state index in [0.717, 1.165) is 137 Å². The standard InChI is InChI=1S/C80H136O10/c1-51(2)29-23-31-53(5)33-25-35-55(7)37-27-42-79(20)44-39-64-62(14)69(58(10)60(12)71(64)89-79)87-75(81-22)85-66-49-83-74-67(50-84-73(66)74)86-76(82-46-41-68-77(16,17)47-57(9)48-78(68,18)19)88-70-59(11)61(13)72-65(63(70)15)40-45-80(21,90-72)43-28-38-56(8)36-26-34-54(6)32-24-30-52(3)4/h51-57,66-68,73-76H,23-50H2,1-22H3. The van der Waals surface area contributed by atoms with E-state index >= 15 is 0 Å². The Morgan fingerprint density at radius 2 is 0.833 bits per heavy atom. The average Bonchev–Trinajstić information content (AvgIpc) is 1.09. The summed E-state index contributed by atoms with van der Waals surface area (Å²) in [6, 6.07) is 0. The molecule has 2 aromatic rings. The molecular formula is C80H136O10. The highest BCUT2D eigenvalue weighted by Crippen LogP contribution is 2.55. The summed E-state index contributed by atoms with van der Waals surface area (Å²) in [6.45, 7) is 48.2. The van der Waals surface area contributed by atoms with Crippen LogP contribution in [0, 0.1) is 99.7 Å². The molecule has 5 aliphatic rings. The molecule has 12 atom stereocenters. The van der Waals surface area contributed by atoms with Gasteiger partial charge in [0.1, 0.15) is 58.6 Å². The number of methoxy groups -OCH3 is 1. The van der Waals surface area contributed by atoms with Gasteiger partial charge in [-0.25, -0.2) is 0 Å². The maximum Gasteiger partial charge on any atom is 0.316 e. The van der Waals surface area contributed by atoms with Crippen molar-refractivity contribution in [1.29, 1.82) is 0 Å². The highest BCUT2D eigenvalue weighted by molar-refractivity contribution is 5.60. The van der Waals surface area contributed by atoms with Gasteiger partial charge in [0, 0.05) is 18.2 Å². The second-order valence-electron chi connectivity index (χ2n) is 33.5. The van der Waals surface area contributed by atoms with Crippen LogP contribution in [-0.4, -0.2) is 75.5 Å². The Bertz CT molecular complexity index is 2510. The number of fused-ring (bicyclic) bond motifs is 3. The number of ether oxygens (including phenoxy) is 10. The van der Waals surface area contributed by atoms with E-state index in [2.05, 4.69) is 145 Å². The molecule has 3 fully saturated rings. The van der Waals surface area contributed by atoms with Crippen LogP contribution >= 0.6 is 0 Å². The third-order valence-corrected chi connectivity index (χ3v) is 23.1. The van der Waals surface area contributed by atoms with Crippen LogP contribution in [0.5, 0.6) is 23.0 Å². The molecule has 0 spiro atoms. The van der Waals surface area contributed by atoms with Gasteiger partial charge in [0.15, 0.2) is 0 Å². The first kappa shape index (κ1) is 74.8. The van der Waals surface area contributed by atoms with Gasteiger partial charge in [0.2, 0.25) is 0 Å². The fourth-order valence-corrected chi connectivity index (χ4v) is 17.5. The first-order chi connectivity index (χ1) is 42.4. The predicted molar refractivity (Wildman–Crippen MR) is 371 cm³/mol. The normalized spacial score (nSPS) is 27.3. The SMILES string of the molecule is COC(Oc1c(C)c(C)c2c(c1C)CCC(C)(CCCC(C)CCCC(C)CCCC(C)C)O2)OC1COC2C(OC(OCCC3C(C)(C)CC(C)CC3(C)C)Oc3c(C)c(C)c4c(c3C)CCC(C)(CCCC(C)CCCC(C)CCCC(C)C)O4)COC12. The summed E-state index contributed by atoms with van der Waals surface area (Å²) < 4.78 is 67.6. The van der Waals surface area contributed by atoms with Gasteiger partial charge < -0.3 is 47.4 Å². The van der Waals surface area contributed by atoms with Gasteiger partial charge in [0.25, 0.3) is 0 Å². The lowest BCUT2D eigenvalue weighted by atomic mass is 9.54. The molecule has 4 heterocycles. The van der Waals surface area contributed by atoms with Gasteiger partial charge in [-0.05, 0) is 218 Å². The van der Waals surface area contributed by atoms with Crippen molar-refractivity contribution in [3.05, 3.63) is 44.5 Å². The highest BCUT2D eigenvalue weighted by atomic mass is 16.9. The van der Waals surface area contributed by atoms with Crippen molar-refractivity contribution in [3.8, 4) is 23.0 Å². The predicted octanol–water partition coefficient (Wildman–Crippen LogP) is 21.3. The molecule has 0 radical (unpaired) electrons. The van der Waals surface area contributed by atoms with E-state index < -0.39 is 37.4 Å². The van der Waals surface area contributed by atoms with E-state index in [0.29, 0.717) is 31.7 Å². The molecule has 0 aromatic heterocycles. The molecule has 10 heteroatoms. The summed E-state index contributed by atoms with van der Waals surface area (Å²) in [5.74, 6) is 9.60. The molecule has 7 rings (SSSR count). The zero-order valence-electron chi connectivity index (χ0n) is 62.0. The number of benzene rings is 2. The second kappa shape index (κ2) is 33.4. The van der Waals surface area contributed by atoms with Crippen molar-refractivity contribution in [2.75, 3.05) is 26.9 Å². The van der Waals surface area contributed by atoms with E-state index in [4.69, 9.17) is 47.4 Å². The number of hydrogen-bond acceptors (Lipinski definition) is 10. The lowest BCUT2D eigenvalue weighted by Gasteiger charge is -2.52. The van der Waals surface area contributed by atoms with Gasteiger partial charge in [-0.2, -0.15) is 0 Å². The Balaban J connectivity index is 0.965. The van der Waals surface area contributed by atoms with Gasteiger partial charge in [0.05, 0.1) is 19.8 Å². The van der Waals surface area contributed by atoms with Crippen LogP contribution in [0.1, 0.15) is 296 Å². The van der Waals surface area contributed by atoms with E-state index in [-0.39, 0.29) is 22.0 Å². The van der Waals surface area contributed by atoms with Gasteiger partial charge in [-0.3, -0.25) is 0 Å². The minimum atomic E-state index is -0.994. The lowest BCUT2D eigenvalue weighted by molar-refractivity contribution is -0.278. The fourth-order valence-electron chi connectivity index (χ4n) is 17.5. The quantitative estimate of drug-likeness (QED) is 0.0609. The van der Waals surface area contributed by atoms with Crippen molar-refractivity contribution >= 4 is 0 Å². The first-order valence-electron chi connectivity index (χ1n) is 37.1. The first-order valence-corrected chi connectivity index (χ1v) is 37.1. The van der Waals surface area contributed by atoms with Gasteiger partial charge in [-0.15, -0.1) is 0 Å². The molecule has 1 saturated carbocycles. The Labute approximate surface area is 551 Å². The number of hydrogen-bond donors (Lipinski definition) is 0. The molecule has 12 unspecified atom stereocenters. The molecule has 0 bridgehead atoms. The molecule has 1 aliphatic carbocycles. The van der Waals surface area contributed by atoms with Crippen LogP contribution in [0.15, 0.2) is 0 Å². The van der Waals surface area contributed by atoms with E-state index in [1.54, 1.807) is 7.11 Å². The topological polar surface area (TPSA) is 92.3 Å². The molecule has 90 heavy (non-hydrogen) atoms. The van der Waals surface area contributed by atoms with Gasteiger partial charge in [-0.1, -0.05) is 180 Å². The van der Waals surface area contributed by atoms with Crippen LogP contribution in [0.25, 0.3) is 0 Å². The van der Waals surface area contributed by atoms with Crippen LogP contribution in [0.4, 0.5) is 0 Å². The lowest BCUT2D eigenvalue weighted by Crippen LogP contribution is -2.44. The van der Waals surface area contributed by atoms with Crippen molar-refractivity contribution in [2.45, 2.75) is 354 Å². The fraction of sp³-hybridized carbons (Fsp3) is 0.850. The summed E-state index contributed by atoms with van der Waals surface area (Å²) in [7, 11) is 1.63. The monoisotopic (exact) mass is 1260 g/mol. The van der Waals surface area contributed by atoms with E-state index in [9.17, 15) is 0 Å². The van der Waals surface area contributed by atoms with Crippen LogP contribution in [-0.2, 0) is 41.3 Å². The third-order valence-electron chi connectivity index (χ3n) is 23.1. The largest absolute Gasteiger partial charge is 0.487 e. The van der Waals surface area contributed by atoms with E-state index in [1.165, 1.54) is 127 Å². The summed E-state index contributed by atoms with van der Waals surface area (Å²) >= 11 is 0. The van der Waals surface area contributed by atoms with Crippen molar-refractivity contribution in [3.63, 3.8) is 0 Å². The minimum absolute atomic E-state index is 0.182. The minimum Gasteiger partial charge on any atom is -0.487 e. The zero-order valence-corrected chi connectivity index (χ0v) is 62.0. The van der Waals surface area contributed by atoms with Crippen LogP contribution in [0.2, 0.25) is 0 Å². The van der Waals surface area contributed by atoms with Crippen LogP contribution < -0.4 is 18.9 Å². The van der Waals surface area contributed by atoms with Gasteiger partial charge >= 0.3 is 13.0 Å². The Kier molecular flexibility index (Phi) is 27.7. The maximum absolute atomic E-state index is 7.13. The Hall–Kier alpha value is -2.60. The third kappa shape index (κ3) is 20.2. The maximum atomic E-state index is 7.13. The van der Waals surface area contributed by atoms with Crippen LogP contribution in [0.3, 0.4) is 0 Å². The summed E-state index contributed by atoms with van der Waals surface area (Å²) in [4.78, 5) is 0. The molecule has 0 amide bonds. The molecule has 10 nitrogen and oxygen atoms in total. The van der Waals surface area contributed by atoms with Crippen molar-refractivity contribution in [1.82, 2.24) is 0 Å². The Morgan fingerprint density at radius 3 is 1.22 bits per heavy atom. The number of rotatable bonds is 37. The molecule has 516 valence electrons. The summed E-state index contributed by atoms with van der Waals surface area (Å²) in [6.07, 6.45) is 28.7. The molecule has 0 N–H and O–H groups in total. The van der Waals surface area contributed by atoms with Crippen molar-refractivity contribution in [2.24, 2.45) is 58.2 Å². The highest BCUT2D eigenvalue weighted by Gasteiger charge is 2.52. The molecule has 2 saturated heterocycles. The molecule has 4 aliphatic heterocycles. The molecule has 2 aromatic carbocycles. The summed E-state index contributed by atoms with van der Waals surface area (Å²) in [5, 5.41) is 0. The van der Waals surface area contributed by atoms with Crippen molar-refractivity contribution < 1.29 is 47.4 Å². The average molecular weight is 1260 g/mol. The molecular weight excluding hydrogens is 1120 g/mol.